The van der Waals surface area contributed by atoms with Gasteiger partial charge >= 0.3 is 7.60 Å². The molecule has 0 unspecified atom stereocenters. The molecule has 0 atom stereocenters. The molecule has 0 aliphatic carbocycles. The molecule has 0 amide bonds. The third-order valence-electron chi connectivity index (χ3n) is 5.07. The van der Waals surface area contributed by atoms with Crippen molar-refractivity contribution in [3.63, 3.8) is 0 Å². The zero-order chi connectivity index (χ0) is 24.0. The highest BCUT2D eigenvalue weighted by molar-refractivity contribution is 7.62. The summed E-state index contributed by atoms with van der Waals surface area (Å²) in [5, 5.41) is 0.329. The number of aromatic nitrogens is 1. The molecule has 3 aromatic rings. The summed E-state index contributed by atoms with van der Waals surface area (Å²) in [7, 11) is -3.50. The summed E-state index contributed by atoms with van der Waals surface area (Å²) in [6, 6.07) is 13.7. The zero-order valence-corrected chi connectivity index (χ0v) is 19.9. The average Bonchev–Trinajstić information content (AvgIpc) is 2.77. The Labute approximate surface area is 193 Å². The predicted molar refractivity (Wildman–Crippen MR) is 128 cm³/mol. The molecular formula is C25H28FN2O4P. The lowest BCUT2D eigenvalue weighted by atomic mass is 9.99. The topological polar surface area (TPSA) is 91.5 Å². The Morgan fingerprint density at radius 2 is 1.70 bits per heavy atom. The number of nitrogens with zero attached hydrogens (tertiary/aromatic N) is 1. The lowest BCUT2D eigenvalue weighted by Crippen LogP contribution is -2.13. The van der Waals surface area contributed by atoms with Crippen molar-refractivity contribution < 1.29 is 22.8 Å². The number of rotatable bonds is 10. The standard InChI is InChI=1S/C25H28FN2O4P/c1-4-31-33(30,32-5-2)22-15-23(25(27)28-16-22)19-9-7-18(8-10-19)13-21(29)14-20-12-17(3)6-11-24(20)26/h6-12,15-16H,4-5,13-14H2,1-3H3,(H2,27,28). The van der Waals surface area contributed by atoms with Gasteiger partial charge in [0.05, 0.1) is 18.5 Å². The van der Waals surface area contributed by atoms with E-state index >= 15 is 0 Å². The van der Waals surface area contributed by atoms with Gasteiger partial charge < -0.3 is 14.8 Å². The Balaban J connectivity index is 1.79. The number of carbonyl (C=O) groups is 1. The highest BCUT2D eigenvalue weighted by atomic mass is 31.2. The summed E-state index contributed by atoms with van der Waals surface area (Å²) < 4.78 is 37.8. The van der Waals surface area contributed by atoms with Gasteiger partial charge in [0, 0.05) is 24.6 Å². The molecule has 33 heavy (non-hydrogen) atoms. The molecule has 0 spiro atoms. The van der Waals surface area contributed by atoms with E-state index in [2.05, 4.69) is 4.98 Å². The van der Waals surface area contributed by atoms with E-state index in [1.54, 1.807) is 32.0 Å². The van der Waals surface area contributed by atoms with E-state index < -0.39 is 7.60 Å². The summed E-state index contributed by atoms with van der Waals surface area (Å²) in [6.07, 6.45) is 1.63. The Kier molecular flexibility index (Phi) is 8.14. The summed E-state index contributed by atoms with van der Waals surface area (Å²) in [4.78, 5) is 16.7. The number of anilines is 1. The first-order valence-electron chi connectivity index (χ1n) is 10.8. The fourth-order valence-electron chi connectivity index (χ4n) is 3.52. The molecule has 1 aromatic heterocycles. The molecular weight excluding hydrogens is 442 g/mol. The normalized spacial score (nSPS) is 11.5. The Bertz CT molecular complexity index is 1170. The Morgan fingerprint density at radius 1 is 1.03 bits per heavy atom. The molecule has 8 heteroatoms. The van der Waals surface area contributed by atoms with Crippen LogP contribution >= 0.6 is 7.60 Å². The number of pyridine rings is 1. The van der Waals surface area contributed by atoms with Gasteiger partial charge in [0.1, 0.15) is 17.4 Å². The number of nitrogens with two attached hydrogens (primary N) is 1. The van der Waals surface area contributed by atoms with E-state index in [1.807, 2.05) is 31.2 Å². The number of nitrogen functional groups attached to an aromatic ring is 1. The lowest BCUT2D eigenvalue weighted by Gasteiger charge is -2.18. The summed E-state index contributed by atoms with van der Waals surface area (Å²) in [5.74, 6) is -0.176. The van der Waals surface area contributed by atoms with Crippen molar-refractivity contribution in [2.45, 2.75) is 33.6 Å². The second-order valence-corrected chi connectivity index (χ2v) is 9.67. The van der Waals surface area contributed by atoms with Gasteiger partial charge in [-0.1, -0.05) is 42.0 Å². The van der Waals surface area contributed by atoms with Crippen molar-refractivity contribution in [1.82, 2.24) is 4.98 Å². The van der Waals surface area contributed by atoms with Crippen molar-refractivity contribution in [1.29, 1.82) is 0 Å². The third kappa shape index (κ3) is 6.14. The number of hydrogen-bond acceptors (Lipinski definition) is 6. The molecule has 1 heterocycles. The molecule has 0 aliphatic heterocycles. The van der Waals surface area contributed by atoms with Crippen molar-refractivity contribution in [2.24, 2.45) is 0 Å². The van der Waals surface area contributed by atoms with Gasteiger partial charge in [-0.3, -0.25) is 9.36 Å². The lowest BCUT2D eigenvalue weighted by molar-refractivity contribution is -0.117. The first-order valence-corrected chi connectivity index (χ1v) is 12.3. The molecule has 2 aromatic carbocycles. The summed E-state index contributed by atoms with van der Waals surface area (Å²) in [6.45, 7) is 5.80. The minimum Gasteiger partial charge on any atom is -0.383 e. The molecule has 0 saturated carbocycles. The van der Waals surface area contributed by atoms with E-state index in [-0.39, 0.29) is 43.5 Å². The number of carbonyl (C=O) groups excluding carboxylic acids is 1. The van der Waals surface area contributed by atoms with E-state index in [1.165, 1.54) is 12.3 Å². The van der Waals surface area contributed by atoms with Gasteiger partial charge in [-0.2, -0.15) is 0 Å². The SMILES string of the molecule is CCOP(=O)(OCC)c1cnc(N)c(-c2ccc(CC(=O)Cc3cc(C)ccc3F)cc2)c1. The Morgan fingerprint density at radius 3 is 2.33 bits per heavy atom. The Hall–Kier alpha value is -2.86. The minimum absolute atomic E-state index is 0.0400. The fraction of sp³-hybridized carbons (Fsp3) is 0.280. The van der Waals surface area contributed by atoms with Crippen LogP contribution in [-0.4, -0.2) is 24.0 Å². The van der Waals surface area contributed by atoms with Crippen molar-refractivity contribution in [2.75, 3.05) is 18.9 Å². The van der Waals surface area contributed by atoms with Gasteiger partial charge in [0.15, 0.2) is 0 Å². The number of Topliss-reactive ketones (excluding diaryl/α,β-unsaturated/α-hetero) is 1. The van der Waals surface area contributed by atoms with Crippen LogP contribution < -0.4 is 11.0 Å². The van der Waals surface area contributed by atoms with Crippen LogP contribution in [0, 0.1) is 12.7 Å². The first-order chi connectivity index (χ1) is 15.8. The van der Waals surface area contributed by atoms with Crippen LogP contribution in [0.1, 0.15) is 30.5 Å². The number of benzene rings is 2. The van der Waals surface area contributed by atoms with E-state index in [0.717, 1.165) is 16.7 Å². The molecule has 174 valence electrons. The van der Waals surface area contributed by atoms with Crippen molar-refractivity contribution in [3.8, 4) is 11.1 Å². The first kappa shape index (κ1) is 24.8. The highest BCUT2D eigenvalue weighted by Gasteiger charge is 2.28. The molecule has 0 aliphatic rings. The quantitative estimate of drug-likeness (QED) is 0.418. The van der Waals surface area contributed by atoms with Crippen LogP contribution in [-0.2, 0) is 31.2 Å². The maximum absolute atomic E-state index is 14.0. The third-order valence-corrected chi connectivity index (χ3v) is 7.15. The van der Waals surface area contributed by atoms with Crippen LogP contribution in [0.25, 0.3) is 11.1 Å². The molecule has 6 nitrogen and oxygen atoms in total. The maximum Gasteiger partial charge on any atom is 0.362 e. The number of ketones is 1. The maximum atomic E-state index is 14.0. The van der Waals surface area contributed by atoms with Crippen molar-refractivity contribution in [3.05, 3.63) is 77.2 Å². The van der Waals surface area contributed by atoms with Crippen LogP contribution in [0.4, 0.5) is 10.2 Å². The minimum atomic E-state index is -3.50. The summed E-state index contributed by atoms with van der Waals surface area (Å²) in [5.41, 5.74) is 9.53. The fourth-order valence-corrected chi connectivity index (χ4v) is 5.05. The molecule has 0 fully saturated rings. The van der Waals surface area contributed by atoms with Crippen LogP contribution in [0.3, 0.4) is 0 Å². The summed E-state index contributed by atoms with van der Waals surface area (Å²) >= 11 is 0. The number of halogens is 1. The van der Waals surface area contributed by atoms with Gasteiger partial charge in [0.25, 0.3) is 0 Å². The molecule has 0 saturated heterocycles. The molecule has 2 N–H and O–H groups in total. The van der Waals surface area contributed by atoms with Crippen LogP contribution in [0.15, 0.2) is 54.7 Å². The molecule has 0 bridgehead atoms. The highest BCUT2D eigenvalue weighted by Crippen LogP contribution is 2.47. The van der Waals surface area contributed by atoms with E-state index in [9.17, 15) is 13.8 Å². The zero-order valence-electron chi connectivity index (χ0n) is 19.0. The molecule has 0 radical (unpaired) electrons. The largest absolute Gasteiger partial charge is 0.383 e. The van der Waals surface area contributed by atoms with Crippen LogP contribution in [0.2, 0.25) is 0 Å². The van der Waals surface area contributed by atoms with Gasteiger partial charge in [-0.15, -0.1) is 0 Å². The average molecular weight is 470 g/mol. The van der Waals surface area contributed by atoms with E-state index in [0.29, 0.717) is 16.4 Å². The smallest absolute Gasteiger partial charge is 0.362 e. The second-order valence-electron chi connectivity index (χ2n) is 7.64. The van der Waals surface area contributed by atoms with Gasteiger partial charge in [0.2, 0.25) is 0 Å². The van der Waals surface area contributed by atoms with E-state index in [4.69, 9.17) is 14.8 Å². The van der Waals surface area contributed by atoms with Gasteiger partial charge in [-0.05, 0) is 49.6 Å². The molecule has 3 rings (SSSR count). The number of hydrogen-bond donors (Lipinski definition) is 1. The second kappa shape index (κ2) is 10.8. The predicted octanol–water partition coefficient (Wildman–Crippen LogP) is 5.02. The van der Waals surface area contributed by atoms with Crippen LogP contribution in [0.5, 0.6) is 0 Å². The van der Waals surface area contributed by atoms with Gasteiger partial charge in [-0.25, -0.2) is 9.37 Å². The van der Waals surface area contributed by atoms with Crippen molar-refractivity contribution >= 4 is 24.5 Å². The monoisotopic (exact) mass is 470 g/mol. The number of aryl methyl sites for hydroxylation is 1.